The topological polar surface area (TPSA) is 110 Å². The van der Waals surface area contributed by atoms with Gasteiger partial charge in [0, 0.05) is 11.9 Å². The molecule has 2 N–H and O–H groups in total. The first-order valence-electron chi connectivity index (χ1n) is 4.65. The molecule has 0 aromatic carbocycles. The van der Waals surface area contributed by atoms with E-state index < -0.39 is 10.9 Å². The Labute approximate surface area is 98.7 Å². The van der Waals surface area contributed by atoms with E-state index in [1.807, 2.05) is 0 Å². The summed E-state index contributed by atoms with van der Waals surface area (Å²) in [5.74, 6) is -1.05. The maximum absolute atomic E-state index is 10.9. The maximum atomic E-state index is 10.9. The molecule has 0 saturated heterocycles. The molecule has 0 fully saturated rings. The second-order valence-corrected chi connectivity index (χ2v) is 4.04. The molecule has 0 aliphatic carbocycles. The number of aliphatic carboxylic acids is 1. The first-order valence-corrected chi connectivity index (χ1v) is 5.53. The minimum absolute atomic E-state index is 0.0982. The first kappa shape index (κ1) is 11.3. The van der Waals surface area contributed by atoms with Crippen LogP contribution in [0.4, 0.5) is 11.6 Å². The van der Waals surface area contributed by atoms with Crippen molar-refractivity contribution in [3.63, 3.8) is 0 Å². The van der Waals surface area contributed by atoms with Gasteiger partial charge in [-0.15, -0.1) is 0 Å². The van der Waals surface area contributed by atoms with Crippen molar-refractivity contribution in [1.82, 2.24) is 9.38 Å². The molecule has 2 rings (SSSR count). The molecule has 17 heavy (non-hydrogen) atoms. The van der Waals surface area contributed by atoms with E-state index in [9.17, 15) is 14.9 Å². The van der Waals surface area contributed by atoms with Crippen molar-refractivity contribution in [1.29, 1.82) is 0 Å². The van der Waals surface area contributed by atoms with Gasteiger partial charge in [-0.25, -0.2) is 0 Å². The molecule has 0 aliphatic rings. The zero-order valence-corrected chi connectivity index (χ0v) is 9.31. The summed E-state index contributed by atoms with van der Waals surface area (Å²) in [6.07, 6.45) is 1.43. The largest absolute Gasteiger partial charge is 0.481 e. The first-order chi connectivity index (χ1) is 8.09. The van der Waals surface area contributed by atoms with Gasteiger partial charge in [-0.05, 0) is 4.92 Å². The van der Waals surface area contributed by atoms with Gasteiger partial charge in [0.05, 0.1) is 6.42 Å². The summed E-state index contributed by atoms with van der Waals surface area (Å²) in [6, 6.07) is 0. The van der Waals surface area contributed by atoms with Gasteiger partial charge in [0.15, 0.2) is 0 Å². The Morgan fingerprint density at radius 3 is 3.12 bits per heavy atom. The molecule has 0 aliphatic heterocycles. The molecular formula is C8H8N4O4S. The number of anilines is 1. The van der Waals surface area contributed by atoms with Gasteiger partial charge in [0.2, 0.25) is 5.82 Å². The predicted molar refractivity (Wildman–Crippen MR) is 60.5 cm³/mol. The molecular weight excluding hydrogens is 248 g/mol. The highest BCUT2D eigenvalue weighted by molar-refractivity contribution is 7.15. The fourth-order valence-electron chi connectivity index (χ4n) is 1.35. The summed E-state index contributed by atoms with van der Waals surface area (Å²) in [4.78, 5) is 25.2. The summed E-state index contributed by atoms with van der Waals surface area (Å²) >= 11 is 1.27. The number of hydrogen-bond acceptors (Lipinski definition) is 6. The van der Waals surface area contributed by atoms with E-state index in [0.717, 1.165) is 0 Å². The molecule has 0 atom stereocenters. The number of aromatic nitrogens is 2. The lowest BCUT2D eigenvalue weighted by molar-refractivity contribution is -0.389. The fourth-order valence-corrected chi connectivity index (χ4v) is 2.06. The van der Waals surface area contributed by atoms with Gasteiger partial charge in [-0.1, -0.05) is 11.3 Å². The van der Waals surface area contributed by atoms with E-state index >= 15 is 0 Å². The number of nitrogens with zero attached hydrogens (tertiary/aromatic N) is 3. The van der Waals surface area contributed by atoms with Crippen molar-refractivity contribution in [3.8, 4) is 0 Å². The molecule has 2 aromatic rings. The highest BCUT2D eigenvalue weighted by Gasteiger charge is 2.23. The third-order valence-corrected chi connectivity index (χ3v) is 2.80. The molecule has 8 nitrogen and oxygen atoms in total. The molecule has 9 heteroatoms. The fraction of sp³-hybridized carbons (Fsp3) is 0.250. The number of nitrogens with one attached hydrogen (secondary N) is 1. The Hall–Kier alpha value is -2.16. The average molecular weight is 256 g/mol. The van der Waals surface area contributed by atoms with E-state index in [2.05, 4.69) is 10.3 Å². The van der Waals surface area contributed by atoms with Crippen LogP contribution < -0.4 is 5.32 Å². The van der Waals surface area contributed by atoms with Crippen LogP contribution >= 0.6 is 11.3 Å². The molecule has 0 amide bonds. The van der Waals surface area contributed by atoms with E-state index in [1.165, 1.54) is 15.7 Å². The molecule has 2 aromatic heterocycles. The molecule has 0 unspecified atom stereocenters. The zero-order chi connectivity index (χ0) is 12.4. The Morgan fingerprint density at radius 1 is 1.71 bits per heavy atom. The van der Waals surface area contributed by atoms with Crippen LogP contribution in [0.25, 0.3) is 4.96 Å². The number of hydrogen-bond donors (Lipinski definition) is 2. The van der Waals surface area contributed by atoms with E-state index in [-0.39, 0.29) is 24.6 Å². The van der Waals surface area contributed by atoms with Crippen LogP contribution in [0, 0.1) is 10.1 Å². The number of rotatable bonds is 5. The van der Waals surface area contributed by atoms with Crippen LogP contribution in [0.1, 0.15) is 6.42 Å². The Bertz CT molecular complexity index is 575. The van der Waals surface area contributed by atoms with Crippen LogP contribution in [0.15, 0.2) is 11.6 Å². The van der Waals surface area contributed by atoms with Crippen molar-refractivity contribution in [3.05, 3.63) is 21.7 Å². The van der Waals surface area contributed by atoms with Crippen molar-refractivity contribution in [2.45, 2.75) is 6.42 Å². The van der Waals surface area contributed by atoms with Crippen molar-refractivity contribution < 1.29 is 14.8 Å². The number of carboxylic acids is 1. The second-order valence-electron chi connectivity index (χ2n) is 3.17. The Morgan fingerprint density at radius 2 is 2.47 bits per heavy atom. The molecule has 0 saturated carbocycles. The number of nitro groups is 1. The zero-order valence-electron chi connectivity index (χ0n) is 8.49. The smallest absolute Gasteiger partial charge is 0.372 e. The number of imidazole rings is 1. The van der Waals surface area contributed by atoms with E-state index in [0.29, 0.717) is 4.96 Å². The summed E-state index contributed by atoms with van der Waals surface area (Å²) in [6.45, 7) is 0.0982. The molecule has 90 valence electrons. The minimum atomic E-state index is -0.971. The molecule has 0 bridgehead atoms. The molecule has 0 radical (unpaired) electrons. The van der Waals surface area contributed by atoms with Gasteiger partial charge >= 0.3 is 11.8 Å². The monoisotopic (exact) mass is 256 g/mol. The van der Waals surface area contributed by atoms with Crippen molar-refractivity contribution in [2.24, 2.45) is 0 Å². The third kappa shape index (κ3) is 2.18. The number of carboxylic acid groups (broad SMARTS) is 1. The lowest BCUT2D eigenvalue weighted by Crippen LogP contribution is -2.09. The normalized spacial score (nSPS) is 10.6. The lowest BCUT2D eigenvalue weighted by Gasteiger charge is -2.00. The Kier molecular flexibility index (Phi) is 2.91. The number of carbonyl (C=O) groups is 1. The summed E-state index contributed by atoms with van der Waals surface area (Å²) < 4.78 is 1.35. The van der Waals surface area contributed by atoms with Crippen LogP contribution in [0.2, 0.25) is 0 Å². The lowest BCUT2D eigenvalue weighted by atomic mass is 10.4. The van der Waals surface area contributed by atoms with E-state index in [4.69, 9.17) is 5.11 Å². The summed E-state index contributed by atoms with van der Waals surface area (Å²) in [5.41, 5.74) is 0. The van der Waals surface area contributed by atoms with Crippen LogP contribution in [0.3, 0.4) is 0 Å². The number of fused-ring (bicyclic) bond motifs is 1. The highest BCUT2D eigenvalue weighted by Crippen LogP contribution is 2.27. The predicted octanol–water partition coefficient (Wildman–Crippen LogP) is 1.19. The van der Waals surface area contributed by atoms with Gasteiger partial charge in [-0.3, -0.25) is 4.79 Å². The van der Waals surface area contributed by atoms with Crippen LogP contribution in [0.5, 0.6) is 0 Å². The second kappa shape index (κ2) is 4.37. The van der Waals surface area contributed by atoms with Gasteiger partial charge in [-0.2, -0.15) is 9.38 Å². The SMILES string of the molecule is O=C(O)CCNc1nc2sccn2c1[N+](=O)[O-]. The summed E-state index contributed by atoms with van der Waals surface area (Å²) in [7, 11) is 0. The van der Waals surface area contributed by atoms with Crippen molar-refractivity contribution in [2.75, 3.05) is 11.9 Å². The molecule has 0 spiro atoms. The average Bonchev–Trinajstić information content (AvgIpc) is 2.75. The number of thiazole rings is 1. The molecule has 2 heterocycles. The minimum Gasteiger partial charge on any atom is -0.481 e. The van der Waals surface area contributed by atoms with Crippen LogP contribution in [-0.4, -0.2) is 31.9 Å². The standard InChI is InChI=1S/C8H8N4O4S/c13-5(14)1-2-9-6-7(12(15)16)11-3-4-17-8(11)10-6/h3-4,9H,1-2H2,(H,13,14). The van der Waals surface area contributed by atoms with Gasteiger partial charge in [0.1, 0.15) is 6.20 Å². The highest BCUT2D eigenvalue weighted by atomic mass is 32.1. The Balaban J connectivity index is 2.26. The quantitative estimate of drug-likeness (QED) is 0.614. The third-order valence-electron chi connectivity index (χ3n) is 2.04. The van der Waals surface area contributed by atoms with Gasteiger partial charge < -0.3 is 20.5 Å². The summed E-state index contributed by atoms with van der Waals surface area (Å²) in [5, 5.41) is 23.7. The van der Waals surface area contributed by atoms with Crippen LogP contribution in [-0.2, 0) is 4.79 Å². The van der Waals surface area contributed by atoms with Crippen molar-refractivity contribution >= 4 is 33.9 Å². The van der Waals surface area contributed by atoms with E-state index in [1.54, 1.807) is 11.6 Å². The van der Waals surface area contributed by atoms with Gasteiger partial charge in [0.25, 0.3) is 4.96 Å². The maximum Gasteiger partial charge on any atom is 0.372 e.